The van der Waals surface area contributed by atoms with Crippen molar-refractivity contribution in [2.45, 2.75) is 38.4 Å². The van der Waals surface area contributed by atoms with Gasteiger partial charge in [0.25, 0.3) is 5.91 Å². The third-order valence-electron chi connectivity index (χ3n) is 9.85. The number of para-hydroxylation sites is 1. The number of methoxy groups -OCH3 is 1. The van der Waals surface area contributed by atoms with Crippen LogP contribution < -0.4 is 15.4 Å². The van der Waals surface area contributed by atoms with Crippen LogP contribution in [-0.4, -0.2) is 73.7 Å². The predicted octanol–water partition coefficient (Wildman–Crippen LogP) is 4.00. The van der Waals surface area contributed by atoms with Crippen molar-refractivity contribution in [2.75, 3.05) is 31.6 Å². The molecule has 10 heteroatoms. The summed E-state index contributed by atoms with van der Waals surface area (Å²) in [5, 5.41) is 1.16. The van der Waals surface area contributed by atoms with Gasteiger partial charge < -0.3 is 29.4 Å². The van der Waals surface area contributed by atoms with Gasteiger partial charge in [-0.05, 0) is 56.0 Å². The van der Waals surface area contributed by atoms with Gasteiger partial charge in [-0.3, -0.25) is 4.79 Å². The number of nitrogens with zero attached hydrogens (tertiary/aromatic N) is 7. The minimum Gasteiger partial charge on any atom is -0.494 e. The van der Waals surface area contributed by atoms with Crippen LogP contribution in [0, 0.1) is 18.8 Å². The molecule has 10 nitrogen and oxygen atoms in total. The molecule has 3 atom stereocenters. The van der Waals surface area contributed by atoms with Crippen LogP contribution in [0.3, 0.4) is 0 Å². The second-order valence-electron chi connectivity index (χ2n) is 12.4. The summed E-state index contributed by atoms with van der Waals surface area (Å²) in [6, 6.07) is 16.6. The number of carbonyl (C=O) groups excluding carboxylic acids is 1. The average molecular weight is 577 g/mol. The first-order valence-corrected chi connectivity index (χ1v) is 15.1. The van der Waals surface area contributed by atoms with Crippen LogP contribution in [0.1, 0.15) is 29.0 Å². The molecule has 220 valence electrons. The molecule has 0 unspecified atom stereocenters. The number of amides is 1. The van der Waals surface area contributed by atoms with E-state index in [9.17, 15) is 4.79 Å². The van der Waals surface area contributed by atoms with Gasteiger partial charge in [0.2, 0.25) is 0 Å². The number of nitrogens with two attached hydrogens (primary N) is 1. The van der Waals surface area contributed by atoms with Crippen LogP contribution in [0.25, 0.3) is 33.5 Å². The maximum absolute atomic E-state index is 13.8. The number of hydrogen-bond acceptors (Lipinski definition) is 7. The van der Waals surface area contributed by atoms with Crippen molar-refractivity contribution in [3.05, 3.63) is 66.1 Å². The number of ether oxygens (including phenoxy) is 1. The average Bonchev–Trinajstić information content (AvgIpc) is 3.73. The number of fused-ring (bicyclic) bond motifs is 4. The molecule has 5 aromatic rings. The van der Waals surface area contributed by atoms with E-state index in [1.165, 1.54) is 0 Å². The Balaban J connectivity index is 1.20. The Morgan fingerprint density at radius 1 is 1.07 bits per heavy atom. The molecule has 2 bridgehead atoms. The molecule has 1 amide bonds. The first-order chi connectivity index (χ1) is 20.9. The molecule has 1 saturated carbocycles. The van der Waals surface area contributed by atoms with Crippen LogP contribution >= 0.6 is 0 Å². The zero-order valence-electron chi connectivity index (χ0n) is 24.8. The lowest BCUT2D eigenvalue weighted by Crippen LogP contribution is -2.49. The molecule has 43 heavy (non-hydrogen) atoms. The van der Waals surface area contributed by atoms with Gasteiger partial charge in [0, 0.05) is 73.9 Å². The number of carbonyl (C=O) groups is 1. The lowest BCUT2D eigenvalue weighted by Gasteiger charge is -2.40. The van der Waals surface area contributed by atoms with Crippen molar-refractivity contribution in [3.8, 4) is 17.3 Å². The Morgan fingerprint density at radius 3 is 2.63 bits per heavy atom. The second kappa shape index (κ2) is 9.80. The highest BCUT2D eigenvalue weighted by atomic mass is 16.5. The van der Waals surface area contributed by atoms with Crippen molar-refractivity contribution >= 4 is 33.7 Å². The Morgan fingerprint density at radius 2 is 1.91 bits per heavy atom. The first-order valence-electron chi connectivity index (χ1n) is 15.1. The summed E-state index contributed by atoms with van der Waals surface area (Å²) in [7, 11) is 3.76. The Bertz CT molecular complexity index is 1890. The first kappa shape index (κ1) is 26.2. The fraction of sp³-hybridized carbons (Fsp3) is 0.394. The minimum absolute atomic E-state index is 0.0123. The lowest BCUT2D eigenvalue weighted by atomic mass is 9.99. The van der Waals surface area contributed by atoms with E-state index in [2.05, 4.69) is 61.4 Å². The molecule has 3 aliphatic rings. The lowest BCUT2D eigenvalue weighted by molar-refractivity contribution is 0.0700. The van der Waals surface area contributed by atoms with Gasteiger partial charge in [-0.2, -0.15) is 0 Å². The summed E-state index contributed by atoms with van der Waals surface area (Å²) >= 11 is 0. The second-order valence-corrected chi connectivity index (χ2v) is 12.4. The summed E-state index contributed by atoms with van der Waals surface area (Å²) in [4.78, 5) is 32.1. The maximum atomic E-state index is 13.8. The summed E-state index contributed by atoms with van der Waals surface area (Å²) in [5.41, 5.74) is 10.9. The van der Waals surface area contributed by atoms with Gasteiger partial charge in [-0.15, -0.1) is 0 Å². The summed E-state index contributed by atoms with van der Waals surface area (Å²) < 4.78 is 10.5. The molecule has 2 aromatic carbocycles. The van der Waals surface area contributed by atoms with E-state index in [1.807, 2.05) is 36.2 Å². The maximum Gasteiger partial charge on any atom is 0.254 e. The molecular formula is C33H36N8O2. The van der Waals surface area contributed by atoms with Gasteiger partial charge in [-0.25, -0.2) is 15.0 Å². The highest BCUT2D eigenvalue weighted by Gasteiger charge is 2.47. The number of aryl methyl sites for hydroxylation is 2. The number of piperidine rings is 1. The molecule has 5 heterocycles. The quantitative estimate of drug-likeness (QED) is 0.326. The largest absolute Gasteiger partial charge is 0.494 e. The number of likely N-dealkylation sites (tertiary alicyclic amines) is 1. The highest BCUT2D eigenvalue weighted by Crippen LogP contribution is 2.40. The van der Waals surface area contributed by atoms with Crippen LogP contribution in [0.5, 0.6) is 5.75 Å². The van der Waals surface area contributed by atoms with E-state index in [1.54, 1.807) is 7.11 Å². The van der Waals surface area contributed by atoms with Crippen molar-refractivity contribution in [3.63, 3.8) is 0 Å². The number of imidazole rings is 1. The van der Waals surface area contributed by atoms with Crippen LogP contribution in [-0.2, 0) is 13.6 Å². The smallest absolute Gasteiger partial charge is 0.254 e. The van der Waals surface area contributed by atoms with Crippen LogP contribution in [0.4, 0.5) is 5.82 Å². The van der Waals surface area contributed by atoms with Gasteiger partial charge in [0.05, 0.1) is 18.3 Å². The summed E-state index contributed by atoms with van der Waals surface area (Å²) in [6.45, 7) is 5.19. The van der Waals surface area contributed by atoms with Crippen molar-refractivity contribution in [2.24, 2.45) is 24.6 Å². The fourth-order valence-electron chi connectivity index (χ4n) is 7.58. The molecule has 3 aromatic heterocycles. The molecule has 3 fully saturated rings. The number of anilines is 1. The Labute approximate surface area is 250 Å². The fourth-order valence-corrected chi connectivity index (χ4v) is 7.58. The molecule has 2 aliphatic heterocycles. The molecule has 2 saturated heterocycles. The van der Waals surface area contributed by atoms with E-state index >= 15 is 0 Å². The third kappa shape index (κ3) is 4.11. The van der Waals surface area contributed by atoms with E-state index in [0.717, 1.165) is 84.1 Å². The molecule has 1 aliphatic carbocycles. The van der Waals surface area contributed by atoms with Crippen LogP contribution in [0.2, 0.25) is 0 Å². The number of aromatic nitrogens is 5. The molecule has 8 rings (SSSR count). The Hall–Kier alpha value is -4.44. The highest BCUT2D eigenvalue weighted by molar-refractivity contribution is 6.00. The predicted molar refractivity (Wildman–Crippen MR) is 166 cm³/mol. The standard InChI is InChI=1S/C33H36N8O2/c1-19-35-11-10-29(36-19)39-15-20(16-39)17-41-31-24(37-32(41)27-13-21-6-4-5-7-25(21)38(27)2)12-23(14-28(31)43-3)33(42)40-18-22-8-9-26(40)30(22)34/h4-7,10-14,20,22,26,30H,8-9,15-18,34H2,1-3H3/t22-,26-,30-/m1/s1. The van der Waals surface area contributed by atoms with Gasteiger partial charge in [0.15, 0.2) is 5.82 Å². The third-order valence-corrected chi connectivity index (χ3v) is 9.85. The zero-order valence-corrected chi connectivity index (χ0v) is 24.8. The van der Waals surface area contributed by atoms with E-state index in [4.69, 9.17) is 15.5 Å². The van der Waals surface area contributed by atoms with Gasteiger partial charge >= 0.3 is 0 Å². The van der Waals surface area contributed by atoms with E-state index in [0.29, 0.717) is 23.1 Å². The molecule has 2 N–H and O–H groups in total. The monoisotopic (exact) mass is 576 g/mol. The normalized spacial score (nSPS) is 21.7. The number of hydrogen-bond donors (Lipinski definition) is 1. The summed E-state index contributed by atoms with van der Waals surface area (Å²) in [6.07, 6.45) is 3.90. The number of benzene rings is 2. The summed E-state index contributed by atoms with van der Waals surface area (Å²) in [5.74, 6) is 4.07. The molecule has 0 radical (unpaired) electrons. The SMILES string of the molecule is COc1cc(C(=O)N2C[C@H]3CC[C@@H]2[C@@H]3N)cc2nc(-c3cc4ccccc4n3C)n(CC3CN(c4ccnc(C)n4)C3)c12. The van der Waals surface area contributed by atoms with Crippen LogP contribution in [0.15, 0.2) is 54.7 Å². The van der Waals surface area contributed by atoms with Crippen molar-refractivity contribution in [1.29, 1.82) is 0 Å². The topological polar surface area (TPSA) is 107 Å². The molecular weight excluding hydrogens is 540 g/mol. The van der Waals surface area contributed by atoms with Gasteiger partial charge in [0.1, 0.15) is 22.9 Å². The number of rotatable bonds is 6. The van der Waals surface area contributed by atoms with Crippen molar-refractivity contribution in [1.82, 2.24) is 29.0 Å². The zero-order chi connectivity index (χ0) is 29.4. The molecule has 0 spiro atoms. The Kier molecular flexibility index (Phi) is 5.98. The van der Waals surface area contributed by atoms with Crippen molar-refractivity contribution < 1.29 is 9.53 Å². The van der Waals surface area contributed by atoms with Gasteiger partial charge in [-0.1, -0.05) is 18.2 Å². The van der Waals surface area contributed by atoms with E-state index < -0.39 is 0 Å². The minimum atomic E-state index is 0.0123. The van der Waals surface area contributed by atoms with E-state index in [-0.39, 0.29) is 18.0 Å².